The molecule has 140 valence electrons. The average molecular weight is 405 g/mol. The monoisotopic (exact) mass is 404 g/mol. The van der Waals surface area contributed by atoms with Crippen molar-refractivity contribution in [3.63, 3.8) is 0 Å². The van der Waals surface area contributed by atoms with Crippen LogP contribution in [-0.4, -0.2) is 32.2 Å². The van der Waals surface area contributed by atoms with Gasteiger partial charge in [0.05, 0.1) is 29.6 Å². The number of hydrogen-bond donors (Lipinski definition) is 1. The van der Waals surface area contributed by atoms with E-state index in [0.717, 1.165) is 29.7 Å². The largest absolute Gasteiger partial charge is 0.451 e. The summed E-state index contributed by atoms with van der Waals surface area (Å²) >= 11 is 12.5. The molecule has 0 radical (unpaired) electrons. The highest BCUT2D eigenvalue weighted by molar-refractivity contribution is 6.34. The van der Waals surface area contributed by atoms with Crippen molar-refractivity contribution >= 4 is 51.5 Å². The first-order chi connectivity index (χ1) is 13.0. The van der Waals surface area contributed by atoms with Gasteiger partial charge in [0.1, 0.15) is 5.58 Å². The van der Waals surface area contributed by atoms with E-state index in [2.05, 4.69) is 10.2 Å². The number of furan rings is 1. The molecule has 0 spiro atoms. The van der Waals surface area contributed by atoms with E-state index in [-0.39, 0.29) is 11.7 Å². The number of aryl methyl sites for hydroxylation is 1. The highest BCUT2D eigenvalue weighted by Crippen LogP contribution is 2.35. The van der Waals surface area contributed by atoms with E-state index in [1.807, 2.05) is 25.1 Å². The van der Waals surface area contributed by atoms with Gasteiger partial charge in [0.25, 0.3) is 5.91 Å². The van der Waals surface area contributed by atoms with E-state index in [9.17, 15) is 4.79 Å². The van der Waals surface area contributed by atoms with Crippen LogP contribution in [0.2, 0.25) is 10.0 Å². The van der Waals surface area contributed by atoms with Gasteiger partial charge in [0, 0.05) is 29.1 Å². The van der Waals surface area contributed by atoms with Gasteiger partial charge >= 0.3 is 0 Å². The Labute approximate surface area is 166 Å². The topological polar surface area (TPSA) is 54.7 Å². The molecule has 27 heavy (non-hydrogen) atoms. The molecule has 7 heteroatoms. The molecule has 2 aromatic carbocycles. The summed E-state index contributed by atoms with van der Waals surface area (Å²) in [5.74, 6) is -0.0585. The molecule has 0 bridgehead atoms. The third-order valence-electron chi connectivity index (χ3n) is 4.67. The van der Waals surface area contributed by atoms with E-state index in [1.165, 1.54) is 0 Å². The van der Waals surface area contributed by atoms with Crippen molar-refractivity contribution in [2.24, 2.45) is 0 Å². The maximum absolute atomic E-state index is 12.9. The number of rotatable bonds is 3. The number of anilines is 2. The lowest BCUT2D eigenvalue weighted by Crippen LogP contribution is -2.37. The van der Waals surface area contributed by atoms with Crippen LogP contribution in [0.25, 0.3) is 11.0 Å². The van der Waals surface area contributed by atoms with E-state index >= 15 is 0 Å². The van der Waals surface area contributed by atoms with Crippen molar-refractivity contribution in [3.8, 4) is 0 Å². The third kappa shape index (κ3) is 3.50. The first-order valence-electron chi connectivity index (χ1n) is 8.66. The van der Waals surface area contributed by atoms with Crippen LogP contribution in [-0.2, 0) is 4.74 Å². The zero-order valence-electron chi connectivity index (χ0n) is 14.7. The third-order valence-corrected chi connectivity index (χ3v) is 5.21. The Morgan fingerprint density at radius 2 is 1.93 bits per heavy atom. The summed E-state index contributed by atoms with van der Waals surface area (Å²) in [5, 5.41) is 4.96. The standard InChI is InChI=1S/C20H18Cl2N2O3/c1-12-14-11-13(21)5-6-17(14)27-19(12)20(25)23-16-4-2-3-15(22)18(16)24-7-9-26-10-8-24/h2-6,11H,7-10H2,1H3,(H,23,25). The number of nitrogens with one attached hydrogen (secondary N) is 1. The Kier molecular flexibility index (Phi) is 5.00. The highest BCUT2D eigenvalue weighted by atomic mass is 35.5. The quantitative estimate of drug-likeness (QED) is 0.656. The summed E-state index contributed by atoms with van der Waals surface area (Å²) in [4.78, 5) is 15.0. The minimum atomic E-state index is -0.323. The molecule has 4 rings (SSSR count). The first-order valence-corrected chi connectivity index (χ1v) is 9.41. The van der Waals surface area contributed by atoms with E-state index < -0.39 is 0 Å². The molecule has 0 unspecified atom stereocenters. The Balaban J connectivity index is 1.67. The molecule has 0 saturated carbocycles. The number of benzene rings is 2. The van der Waals surface area contributed by atoms with E-state index in [4.69, 9.17) is 32.4 Å². The molecule has 1 fully saturated rings. The van der Waals surface area contributed by atoms with Crippen molar-refractivity contribution in [1.29, 1.82) is 0 Å². The van der Waals surface area contributed by atoms with Gasteiger partial charge < -0.3 is 19.4 Å². The van der Waals surface area contributed by atoms with Crippen LogP contribution in [0.4, 0.5) is 11.4 Å². The lowest BCUT2D eigenvalue weighted by atomic mass is 10.1. The van der Waals surface area contributed by atoms with Crippen LogP contribution >= 0.6 is 23.2 Å². The number of ether oxygens (including phenoxy) is 1. The molecule has 1 aliphatic rings. The lowest BCUT2D eigenvalue weighted by Gasteiger charge is -2.31. The molecule has 1 aromatic heterocycles. The Bertz CT molecular complexity index is 1010. The zero-order chi connectivity index (χ0) is 19.0. The molecule has 5 nitrogen and oxygen atoms in total. The molecule has 1 saturated heterocycles. The van der Waals surface area contributed by atoms with Gasteiger partial charge in [0.2, 0.25) is 0 Å². The van der Waals surface area contributed by atoms with Crippen LogP contribution in [0, 0.1) is 6.92 Å². The van der Waals surface area contributed by atoms with E-state index in [0.29, 0.717) is 34.5 Å². The van der Waals surface area contributed by atoms with Crippen LogP contribution in [0.15, 0.2) is 40.8 Å². The normalized spacial score (nSPS) is 14.6. The lowest BCUT2D eigenvalue weighted by molar-refractivity contribution is 0.0998. The van der Waals surface area contributed by atoms with E-state index in [1.54, 1.807) is 18.2 Å². The van der Waals surface area contributed by atoms with Gasteiger partial charge in [-0.1, -0.05) is 29.3 Å². The van der Waals surface area contributed by atoms with Crippen LogP contribution in [0.3, 0.4) is 0 Å². The second kappa shape index (κ2) is 7.43. The molecule has 1 amide bonds. The predicted molar refractivity (Wildman–Crippen MR) is 108 cm³/mol. The summed E-state index contributed by atoms with van der Waals surface area (Å²) in [6.45, 7) is 4.53. The molecule has 0 atom stereocenters. The minimum absolute atomic E-state index is 0.264. The maximum Gasteiger partial charge on any atom is 0.291 e. The van der Waals surface area contributed by atoms with Crippen molar-refractivity contribution < 1.29 is 13.9 Å². The Morgan fingerprint density at radius 3 is 2.70 bits per heavy atom. The Hall–Kier alpha value is -2.21. The number of nitrogens with zero attached hydrogens (tertiary/aromatic N) is 1. The SMILES string of the molecule is Cc1c(C(=O)Nc2cccc(Cl)c2N2CCOCC2)oc2ccc(Cl)cc12. The number of hydrogen-bond acceptors (Lipinski definition) is 4. The first kappa shape index (κ1) is 18.2. The van der Waals surface area contributed by atoms with Crippen molar-refractivity contribution in [1.82, 2.24) is 0 Å². The molecule has 1 N–H and O–H groups in total. The Morgan fingerprint density at radius 1 is 1.15 bits per heavy atom. The molecular weight excluding hydrogens is 387 g/mol. The summed E-state index contributed by atoms with van der Waals surface area (Å²) in [5.41, 5.74) is 2.82. The van der Waals surface area contributed by atoms with Gasteiger partial charge in [-0.2, -0.15) is 0 Å². The fourth-order valence-electron chi connectivity index (χ4n) is 3.31. The molecular formula is C20H18Cl2N2O3. The number of morpholine rings is 1. The molecule has 0 aliphatic carbocycles. The number of amides is 1. The van der Waals surface area contributed by atoms with Crippen molar-refractivity contribution in [2.75, 3.05) is 36.5 Å². The van der Waals surface area contributed by atoms with Crippen LogP contribution in [0.5, 0.6) is 0 Å². The van der Waals surface area contributed by atoms with Gasteiger partial charge in [-0.15, -0.1) is 0 Å². The van der Waals surface area contributed by atoms with Gasteiger partial charge in [-0.05, 0) is 37.3 Å². The number of carbonyl (C=O) groups excluding carboxylic acids is 1. The van der Waals surface area contributed by atoms with Gasteiger partial charge in [-0.3, -0.25) is 4.79 Å². The summed E-state index contributed by atoms with van der Waals surface area (Å²) in [7, 11) is 0. The number of carbonyl (C=O) groups is 1. The molecule has 3 aromatic rings. The second-order valence-electron chi connectivity index (χ2n) is 6.39. The fourth-order valence-corrected chi connectivity index (χ4v) is 3.78. The van der Waals surface area contributed by atoms with Crippen molar-refractivity contribution in [2.45, 2.75) is 6.92 Å². The second-order valence-corrected chi connectivity index (χ2v) is 7.23. The van der Waals surface area contributed by atoms with Crippen LogP contribution in [0.1, 0.15) is 16.1 Å². The number of fused-ring (bicyclic) bond motifs is 1. The van der Waals surface area contributed by atoms with Gasteiger partial charge in [0.15, 0.2) is 5.76 Å². The molecule has 2 heterocycles. The highest BCUT2D eigenvalue weighted by Gasteiger charge is 2.22. The average Bonchev–Trinajstić information content (AvgIpc) is 2.99. The number of para-hydroxylation sites is 1. The fraction of sp³-hybridized carbons (Fsp3) is 0.250. The van der Waals surface area contributed by atoms with Gasteiger partial charge in [-0.25, -0.2) is 0 Å². The summed E-state index contributed by atoms with van der Waals surface area (Å²) in [6.07, 6.45) is 0. The summed E-state index contributed by atoms with van der Waals surface area (Å²) in [6, 6.07) is 10.8. The molecule has 1 aliphatic heterocycles. The van der Waals surface area contributed by atoms with Crippen molar-refractivity contribution in [3.05, 3.63) is 57.8 Å². The minimum Gasteiger partial charge on any atom is -0.451 e. The number of halogens is 2. The predicted octanol–water partition coefficient (Wildman–Crippen LogP) is 5.14. The smallest absolute Gasteiger partial charge is 0.291 e. The van der Waals surface area contributed by atoms with Crippen LogP contribution < -0.4 is 10.2 Å². The summed E-state index contributed by atoms with van der Waals surface area (Å²) < 4.78 is 11.2. The maximum atomic E-state index is 12.9. The zero-order valence-corrected chi connectivity index (χ0v) is 16.2.